The monoisotopic (exact) mass is 171 g/mol. The normalized spacial score (nSPS) is 13.4. The third-order valence-electron chi connectivity index (χ3n) is 1.48. The molecule has 0 amide bonds. The quantitative estimate of drug-likeness (QED) is 0.704. The fraction of sp³-hybridized carbons (Fsp3) is 0.500. The van der Waals surface area contributed by atoms with Gasteiger partial charge in [-0.3, -0.25) is 0 Å². The van der Waals surface area contributed by atoms with Gasteiger partial charge < -0.3 is 4.84 Å². The lowest BCUT2D eigenvalue weighted by molar-refractivity contribution is 0.0668. The largest absolute Gasteiger partial charge is 0.305 e. The van der Waals surface area contributed by atoms with Gasteiger partial charge in [0.2, 0.25) is 0 Å². The van der Waals surface area contributed by atoms with Crippen LogP contribution in [0.15, 0.2) is 12.1 Å². The zero-order valence-electron chi connectivity index (χ0n) is 7.05. The van der Waals surface area contributed by atoms with E-state index < -0.39 is 0 Å². The van der Waals surface area contributed by atoms with E-state index in [1.54, 1.807) is 18.4 Å². The number of aryl methyl sites for hydroxylation is 1. The highest BCUT2D eigenvalue weighted by Crippen LogP contribution is 2.21. The zero-order valence-corrected chi connectivity index (χ0v) is 7.87. The second-order valence-corrected chi connectivity index (χ2v) is 3.81. The van der Waals surface area contributed by atoms with Crippen molar-refractivity contribution in [1.29, 1.82) is 0 Å². The van der Waals surface area contributed by atoms with E-state index in [9.17, 15) is 0 Å². The fourth-order valence-corrected chi connectivity index (χ4v) is 1.79. The van der Waals surface area contributed by atoms with Crippen molar-refractivity contribution in [3.05, 3.63) is 21.9 Å². The van der Waals surface area contributed by atoms with Crippen molar-refractivity contribution in [1.82, 2.24) is 5.48 Å². The van der Waals surface area contributed by atoms with E-state index in [-0.39, 0.29) is 0 Å². The Balaban J connectivity index is 2.60. The van der Waals surface area contributed by atoms with Crippen molar-refractivity contribution < 1.29 is 4.84 Å². The summed E-state index contributed by atoms with van der Waals surface area (Å²) in [5.74, 6) is 0. The summed E-state index contributed by atoms with van der Waals surface area (Å²) in [7, 11) is 1.64. The molecule has 3 heteroatoms. The van der Waals surface area contributed by atoms with Gasteiger partial charge >= 0.3 is 0 Å². The highest BCUT2D eigenvalue weighted by Gasteiger charge is 2.05. The van der Waals surface area contributed by atoms with Crippen LogP contribution in [0.4, 0.5) is 0 Å². The van der Waals surface area contributed by atoms with Gasteiger partial charge in [0.05, 0.1) is 13.2 Å². The number of nitrogens with one attached hydrogen (secondary N) is 1. The Morgan fingerprint density at radius 2 is 2.27 bits per heavy atom. The van der Waals surface area contributed by atoms with Gasteiger partial charge in [-0.1, -0.05) is 0 Å². The first-order valence-electron chi connectivity index (χ1n) is 3.59. The maximum atomic E-state index is 4.82. The molecule has 0 radical (unpaired) electrons. The van der Waals surface area contributed by atoms with Crippen molar-refractivity contribution in [3.63, 3.8) is 0 Å². The first-order chi connectivity index (χ1) is 5.24. The predicted molar refractivity (Wildman–Crippen MR) is 47.6 cm³/mol. The first-order valence-corrected chi connectivity index (χ1v) is 4.40. The van der Waals surface area contributed by atoms with Crippen LogP contribution in [-0.2, 0) is 4.84 Å². The molecule has 0 aliphatic heterocycles. The van der Waals surface area contributed by atoms with Crippen LogP contribution >= 0.6 is 11.3 Å². The molecule has 0 bridgehead atoms. The molecule has 0 aromatic carbocycles. The van der Waals surface area contributed by atoms with Gasteiger partial charge in [-0.15, -0.1) is 11.3 Å². The van der Waals surface area contributed by atoms with Crippen molar-refractivity contribution in [3.8, 4) is 0 Å². The van der Waals surface area contributed by atoms with Crippen LogP contribution in [0.5, 0.6) is 0 Å². The predicted octanol–water partition coefficient (Wildman–Crippen LogP) is 2.27. The number of thiophene rings is 1. The second-order valence-electron chi connectivity index (χ2n) is 2.49. The highest BCUT2D eigenvalue weighted by molar-refractivity contribution is 7.12. The van der Waals surface area contributed by atoms with E-state index in [4.69, 9.17) is 4.84 Å². The molecule has 0 spiro atoms. The lowest BCUT2D eigenvalue weighted by Gasteiger charge is -2.08. The summed E-state index contributed by atoms with van der Waals surface area (Å²) in [5, 5.41) is 0. The molecule has 62 valence electrons. The van der Waals surface area contributed by atoms with Gasteiger partial charge in [0, 0.05) is 9.75 Å². The Morgan fingerprint density at radius 1 is 1.55 bits per heavy atom. The van der Waals surface area contributed by atoms with Crippen LogP contribution < -0.4 is 5.48 Å². The molecule has 2 nitrogen and oxygen atoms in total. The van der Waals surface area contributed by atoms with Crippen molar-refractivity contribution in [2.45, 2.75) is 19.9 Å². The highest BCUT2D eigenvalue weighted by atomic mass is 32.1. The van der Waals surface area contributed by atoms with E-state index in [0.717, 1.165) is 0 Å². The van der Waals surface area contributed by atoms with E-state index in [1.807, 2.05) is 0 Å². The van der Waals surface area contributed by atoms with E-state index in [1.165, 1.54) is 9.75 Å². The topological polar surface area (TPSA) is 21.3 Å². The maximum Gasteiger partial charge on any atom is 0.0636 e. The van der Waals surface area contributed by atoms with Crippen molar-refractivity contribution >= 4 is 11.3 Å². The Labute approximate surface area is 71.1 Å². The average molecular weight is 171 g/mol. The lowest BCUT2D eigenvalue weighted by Crippen LogP contribution is -2.15. The molecule has 11 heavy (non-hydrogen) atoms. The Hall–Kier alpha value is -0.380. The molecular formula is C8H13NOS. The van der Waals surface area contributed by atoms with Gasteiger partial charge in [0.15, 0.2) is 0 Å². The molecule has 1 aromatic heterocycles. The molecule has 0 aliphatic rings. The minimum Gasteiger partial charge on any atom is -0.305 e. The van der Waals surface area contributed by atoms with Gasteiger partial charge in [-0.2, -0.15) is 5.48 Å². The number of hydroxylamine groups is 1. The van der Waals surface area contributed by atoms with E-state index in [0.29, 0.717) is 6.04 Å². The van der Waals surface area contributed by atoms with Crippen LogP contribution in [-0.4, -0.2) is 7.11 Å². The summed E-state index contributed by atoms with van der Waals surface area (Å²) < 4.78 is 0. The van der Waals surface area contributed by atoms with Crippen molar-refractivity contribution in [2.75, 3.05) is 7.11 Å². The standard InChI is InChI=1S/C8H13NOS/c1-6-4-5-8(11-6)7(2)9-10-3/h4-5,7,9H,1-3H3. The maximum absolute atomic E-state index is 4.82. The van der Waals surface area contributed by atoms with Gasteiger partial charge in [0.25, 0.3) is 0 Å². The average Bonchev–Trinajstić information content (AvgIpc) is 2.36. The molecule has 1 rings (SSSR count). The van der Waals surface area contributed by atoms with Crippen LogP contribution in [0, 0.1) is 6.92 Å². The summed E-state index contributed by atoms with van der Waals surface area (Å²) in [4.78, 5) is 7.47. The number of hydrogen-bond acceptors (Lipinski definition) is 3. The van der Waals surface area contributed by atoms with Crippen LogP contribution in [0.1, 0.15) is 22.7 Å². The third-order valence-corrected chi connectivity index (χ3v) is 2.67. The minimum absolute atomic E-state index is 0.290. The summed E-state index contributed by atoms with van der Waals surface area (Å²) in [6.45, 7) is 4.18. The molecule has 1 N–H and O–H groups in total. The molecule has 0 aliphatic carbocycles. The first kappa shape index (κ1) is 8.71. The van der Waals surface area contributed by atoms with Gasteiger partial charge in [0.1, 0.15) is 0 Å². The molecule has 0 saturated heterocycles. The Bertz CT molecular complexity index is 222. The molecule has 1 unspecified atom stereocenters. The molecule has 0 saturated carbocycles. The van der Waals surface area contributed by atoms with Gasteiger partial charge in [-0.05, 0) is 26.0 Å². The Kier molecular flexibility index (Phi) is 3.05. The zero-order chi connectivity index (χ0) is 8.27. The third kappa shape index (κ3) is 2.29. The minimum atomic E-state index is 0.290. The SMILES string of the molecule is CONC(C)c1ccc(C)s1. The lowest BCUT2D eigenvalue weighted by atomic mass is 10.3. The summed E-state index contributed by atoms with van der Waals surface area (Å²) in [6.07, 6.45) is 0. The summed E-state index contributed by atoms with van der Waals surface area (Å²) >= 11 is 1.79. The number of hydrogen-bond donors (Lipinski definition) is 1. The van der Waals surface area contributed by atoms with E-state index in [2.05, 4.69) is 31.5 Å². The summed E-state index contributed by atoms with van der Waals surface area (Å²) in [6, 6.07) is 4.53. The second kappa shape index (κ2) is 3.85. The Morgan fingerprint density at radius 3 is 2.73 bits per heavy atom. The van der Waals surface area contributed by atoms with Gasteiger partial charge in [-0.25, -0.2) is 0 Å². The fourth-order valence-electron chi connectivity index (χ4n) is 0.921. The smallest absolute Gasteiger partial charge is 0.0636 e. The molecular weight excluding hydrogens is 158 g/mol. The summed E-state index contributed by atoms with van der Waals surface area (Å²) in [5.41, 5.74) is 2.89. The molecule has 1 heterocycles. The van der Waals surface area contributed by atoms with E-state index >= 15 is 0 Å². The molecule has 1 aromatic rings. The van der Waals surface area contributed by atoms with Crippen LogP contribution in [0.25, 0.3) is 0 Å². The number of rotatable bonds is 3. The van der Waals surface area contributed by atoms with Crippen LogP contribution in [0.3, 0.4) is 0 Å². The van der Waals surface area contributed by atoms with Crippen LogP contribution in [0.2, 0.25) is 0 Å². The van der Waals surface area contributed by atoms with Crippen molar-refractivity contribution in [2.24, 2.45) is 0 Å². The molecule has 0 fully saturated rings. The molecule has 1 atom stereocenters.